The Morgan fingerprint density at radius 2 is 1.57 bits per heavy atom. The van der Waals surface area contributed by atoms with Crippen molar-refractivity contribution >= 4 is 17.7 Å². The standard InChI is InChI=1S/C28H35N3O4/c1-19-8-3-4-10-23(19)27(33)30-25-12-6-5-11-24(25)29-26(32)21-9-7-17-31(18-21)28(34)20-13-15-22(35-2)16-14-20/h3-4,8,10,13-16,21,24-25H,5-7,9,11-12,17-18H2,1-2H3,(H,29,32)(H,30,33)/t21?,24?,25-/m1/s1. The molecule has 2 aromatic carbocycles. The monoisotopic (exact) mass is 477 g/mol. The van der Waals surface area contributed by atoms with Gasteiger partial charge in [0, 0.05) is 36.3 Å². The largest absolute Gasteiger partial charge is 0.497 e. The first-order valence-corrected chi connectivity index (χ1v) is 12.6. The molecule has 1 heterocycles. The lowest BCUT2D eigenvalue weighted by Gasteiger charge is -2.36. The normalized spacial score (nSPS) is 22.2. The molecule has 1 saturated carbocycles. The summed E-state index contributed by atoms with van der Waals surface area (Å²) < 4.78 is 5.17. The number of methoxy groups -OCH3 is 1. The molecule has 186 valence electrons. The van der Waals surface area contributed by atoms with Crippen LogP contribution in [0.3, 0.4) is 0 Å². The molecule has 35 heavy (non-hydrogen) atoms. The van der Waals surface area contributed by atoms with Crippen molar-refractivity contribution in [2.24, 2.45) is 5.92 Å². The van der Waals surface area contributed by atoms with Crippen molar-refractivity contribution in [3.05, 3.63) is 65.2 Å². The van der Waals surface area contributed by atoms with Gasteiger partial charge in [0.05, 0.1) is 13.0 Å². The number of carbonyl (C=O) groups excluding carboxylic acids is 3. The minimum absolute atomic E-state index is 0.0285. The van der Waals surface area contributed by atoms with Crippen LogP contribution < -0.4 is 15.4 Å². The van der Waals surface area contributed by atoms with Crippen LogP contribution in [-0.2, 0) is 4.79 Å². The van der Waals surface area contributed by atoms with Crippen LogP contribution in [0.15, 0.2) is 48.5 Å². The number of hydrogen-bond acceptors (Lipinski definition) is 4. The van der Waals surface area contributed by atoms with E-state index in [1.807, 2.05) is 31.2 Å². The highest BCUT2D eigenvalue weighted by molar-refractivity contribution is 5.96. The van der Waals surface area contributed by atoms with Crippen LogP contribution in [0.5, 0.6) is 5.75 Å². The SMILES string of the molecule is COc1ccc(C(=O)N2CCCC(C(=O)NC3CCCC[C@H]3NC(=O)c3ccccc3C)C2)cc1. The lowest BCUT2D eigenvalue weighted by Crippen LogP contribution is -2.55. The molecule has 3 atom stereocenters. The summed E-state index contributed by atoms with van der Waals surface area (Å²) in [5.74, 6) is 0.267. The molecule has 1 aliphatic heterocycles. The Balaban J connectivity index is 1.36. The van der Waals surface area contributed by atoms with Crippen molar-refractivity contribution in [3.63, 3.8) is 0 Å². The van der Waals surface area contributed by atoms with Crippen LogP contribution in [0.1, 0.15) is 64.8 Å². The second-order valence-corrected chi connectivity index (χ2v) is 9.61. The first kappa shape index (κ1) is 24.8. The van der Waals surface area contributed by atoms with Gasteiger partial charge in [-0.3, -0.25) is 14.4 Å². The topological polar surface area (TPSA) is 87.7 Å². The Kier molecular flexibility index (Phi) is 8.06. The minimum Gasteiger partial charge on any atom is -0.497 e. The Labute approximate surface area is 207 Å². The number of ether oxygens (including phenoxy) is 1. The predicted octanol–water partition coefficient (Wildman–Crippen LogP) is 3.71. The van der Waals surface area contributed by atoms with E-state index in [1.54, 1.807) is 36.3 Å². The molecule has 3 amide bonds. The van der Waals surface area contributed by atoms with Gasteiger partial charge in [0.2, 0.25) is 5.91 Å². The smallest absolute Gasteiger partial charge is 0.253 e. The van der Waals surface area contributed by atoms with Crippen molar-refractivity contribution in [2.45, 2.75) is 57.5 Å². The third-order valence-corrected chi connectivity index (χ3v) is 7.22. The molecule has 2 fully saturated rings. The van der Waals surface area contributed by atoms with Crippen molar-refractivity contribution in [1.29, 1.82) is 0 Å². The van der Waals surface area contributed by atoms with Gasteiger partial charge in [0.15, 0.2) is 0 Å². The lowest BCUT2D eigenvalue weighted by molar-refractivity contribution is -0.127. The molecule has 0 spiro atoms. The number of hydrogen-bond donors (Lipinski definition) is 2. The molecule has 7 nitrogen and oxygen atoms in total. The maximum atomic E-state index is 13.2. The Morgan fingerprint density at radius 1 is 0.886 bits per heavy atom. The van der Waals surface area contributed by atoms with E-state index in [1.165, 1.54) is 0 Å². The van der Waals surface area contributed by atoms with Crippen molar-refractivity contribution in [1.82, 2.24) is 15.5 Å². The van der Waals surface area contributed by atoms with Crippen LogP contribution >= 0.6 is 0 Å². The highest BCUT2D eigenvalue weighted by atomic mass is 16.5. The molecular weight excluding hydrogens is 442 g/mol. The van der Waals surface area contributed by atoms with Gasteiger partial charge < -0.3 is 20.3 Å². The second-order valence-electron chi connectivity index (χ2n) is 9.61. The molecule has 1 aliphatic carbocycles. The Bertz CT molecular complexity index is 1050. The number of aryl methyl sites for hydroxylation is 1. The van der Waals surface area contributed by atoms with E-state index in [0.29, 0.717) is 30.0 Å². The average molecular weight is 478 g/mol. The maximum Gasteiger partial charge on any atom is 0.253 e. The molecule has 4 rings (SSSR count). The molecule has 2 N–H and O–H groups in total. The number of nitrogens with one attached hydrogen (secondary N) is 2. The molecule has 2 aliphatic rings. The van der Waals surface area contributed by atoms with Crippen LogP contribution in [-0.4, -0.2) is 54.9 Å². The van der Waals surface area contributed by atoms with E-state index < -0.39 is 0 Å². The third kappa shape index (κ3) is 6.02. The number of amides is 3. The summed E-state index contributed by atoms with van der Waals surface area (Å²) in [6.07, 6.45) is 5.28. The van der Waals surface area contributed by atoms with Crippen LogP contribution in [0.2, 0.25) is 0 Å². The molecule has 7 heteroatoms. The number of carbonyl (C=O) groups is 3. The second kappa shape index (κ2) is 11.4. The maximum absolute atomic E-state index is 13.2. The summed E-state index contributed by atoms with van der Waals surface area (Å²) in [4.78, 5) is 40.9. The number of likely N-dealkylation sites (tertiary alicyclic amines) is 1. The van der Waals surface area contributed by atoms with Crippen molar-refractivity contribution < 1.29 is 19.1 Å². The van der Waals surface area contributed by atoms with Gasteiger partial charge in [-0.2, -0.15) is 0 Å². The zero-order valence-electron chi connectivity index (χ0n) is 20.6. The molecule has 1 saturated heterocycles. The summed E-state index contributed by atoms with van der Waals surface area (Å²) >= 11 is 0. The Morgan fingerprint density at radius 3 is 2.26 bits per heavy atom. The molecule has 0 aromatic heterocycles. The first-order chi connectivity index (χ1) is 17.0. The van der Waals surface area contributed by atoms with Gasteiger partial charge in [-0.1, -0.05) is 31.0 Å². The number of benzene rings is 2. The first-order valence-electron chi connectivity index (χ1n) is 12.6. The van der Waals surface area contributed by atoms with Crippen LogP contribution in [0.25, 0.3) is 0 Å². The summed E-state index contributed by atoms with van der Waals surface area (Å²) in [7, 11) is 1.59. The third-order valence-electron chi connectivity index (χ3n) is 7.22. The van der Waals surface area contributed by atoms with E-state index in [9.17, 15) is 14.4 Å². The molecular formula is C28H35N3O4. The number of rotatable bonds is 6. The van der Waals surface area contributed by atoms with Gasteiger partial charge in [-0.15, -0.1) is 0 Å². The van der Waals surface area contributed by atoms with Crippen LogP contribution in [0, 0.1) is 12.8 Å². The molecule has 0 bridgehead atoms. The number of piperidine rings is 1. The van der Waals surface area contributed by atoms with Gasteiger partial charge in [0.25, 0.3) is 11.8 Å². The summed E-state index contributed by atoms with van der Waals surface area (Å²) in [5, 5.41) is 6.38. The minimum atomic E-state index is -0.249. The summed E-state index contributed by atoms with van der Waals surface area (Å²) in [6, 6.07) is 14.4. The van der Waals surface area contributed by atoms with E-state index in [-0.39, 0.29) is 35.7 Å². The lowest BCUT2D eigenvalue weighted by atomic mass is 9.88. The van der Waals surface area contributed by atoms with E-state index in [4.69, 9.17) is 4.74 Å². The fourth-order valence-corrected chi connectivity index (χ4v) is 5.14. The van der Waals surface area contributed by atoms with Gasteiger partial charge >= 0.3 is 0 Å². The van der Waals surface area contributed by atoms with Crippen LogP contribution in [0.4, 0.5) is 0 Å². The zero-order chi connectivity index (χ0) is 24.8. The van der Waals surface area contributed by atoms with E-state index in [0.717, 1.165) is 44.1 Å². The fraction of sp³-hybridized carbons (Fsp3) is 0.464. The highest BCUT2D eigenvalue weighted by Gasteiger charge is 2.33. The summed E-state index contributed by atoms with van der Waals surface area (Å²) in [6.45, 7) is 2.98. The van der Waals surface area contributed by atoms with E-state index in [2.05, 4.69) is 10.6 Å². The van der Waals surface area contributed by atoms with Gasteiger partial charge in [0.1, 0.15) is 5.75 Å². The fourth-order valence-electron chi connectivity index (χ4n) is 5.14. The zero-order valence-corrected chi connectivity index (χ0v) is 20.6. The van der Waals surface area contributed by atoms with Crippen molar-refractivity contribution in [3.8, 4) is 5.75 Å². The number of nitrogens with zero attached hydrogens (tertiary/aromatic N) is 1. The predicted molar refractivity (Wildman–Crippen MR) is 134 cm³/mol. The average Bonchev–Trinajstić information content (AvgIpc) is 2.89. The molecule has 0 radical (unpaired) electrons. The van der Waals surface area contributed by atoms with E-state index >= 15 is 0 Å². The highest BCUT2D eigenvalue weighted by Crippen LogP contribution is 2.23. The quantitative estimate of drug-likeness (QED) is 0.664. The van der Waals surface area contributed by atoms with Gasteiger partial charge in [-0.25, -0.2) is 0 Å². The van der Waals surface area contributed by atoms with Crippen molar-refractivity contribution in [2.75, 3.05) is 20.2 Å². The van der Waals surface area contributed by atoms with Gasteiger partial charge in [-0.05, 0) is 68.5 Å². The Hall–Kier alpha value is -3.35. The summed E-state index contributed by atoms with van der Waals surface area (Å²) in [5.41, 5.74) is 2.20. The molecule has 2 aromatic rings. The molecule has 2 unspecified atom stereocenters.